The second kappa shape index (κ2) is 15.1. The molecular weight excluding hydrogens is 552 g/mol. The van der Waals surface area contributed by atoms with E-state index in [4.69, 9.17) is 14.2 Å². The molecule has 0 saturated heterocycles. The van der Waals surface area contributed by atoms with Crippen LogP contribution in [0.5, 0.6) is 11.5 Å². The minimum absolute atomic E-state index is 0.110. The molecule has 3 aromatic carbocycles. The summed E-state index contributed by atoms with van der Waals surface area (Å²) in [6, 6.07) is 23.7. The zero-order valence-electron chi connectivity index (χ0n) is 25.5. The smallest absolute Gasteiger partial charge is 0.407 e. The molecule has 0 spiro atoms. The molecule has 1 N–H and O–H groups in total. The van der Waals surface area contributed by atoms with Crippen molar-refractivity contribution >= 4 is 16.1 Å². The SMILES string of the molecule is COc1ccc(S(=O)(=O)N(CC[C@H](Cc2ccc(OCc3ccccc3)cc2)NC(=O)OC(C)(C)C)CC(C)C)cc1. The highest BCUT2D eigenvalue weighted by Gasteiger charge is 2.27. The Kier molecular flexibility index (Phi) is 11.8. The van der Waals surface area contributed by atoms with E-state index in [1.807, 2.05) is 89.2 Å². The molecule has 0 aromatic heterocycles. The number of ether oxygens (including phenoxy) is 3. The van der Waals surface area contributed by atoms with Gasteiger partial charge in [0.2, 0.25) is 10.0 Å². The van der Waals surface area contributed by atoms with Gasteiger partial charge in [0.15, 0.2) is 0 Å². The Morgan fingerprint density at radius 2 is 1.50 bits per heavy atom. The average molecular weight is 597 g/mol. The lowest BCUT2D eigenvalue weighted by Crippen LogP contribution is -2.43. The number of carbonyl (C=O) groups excluding carboxylic acids is 1. The van der Waals surface area contributed by atoms with Gasteiger partial charge in [-0.25, -0.2) is 13.2 Å². The zero-order chi connectivity index (χ0) is 30.8. The van der Waals surface area contributed by atoms with Gasteiger partial charge in [0.25, 0.3) is 0 Å². The van der Waals surface area contributed by atoms with Crippen LogP contribution in [0.15, 0.2) is 83.8 Å². The summed E-state index contributed by atoms with van der Waals surface area (Å²) in [5.74, 6) is 1.44. The Labute approximate surface area is 251 Å². The Morgan fingerprint density at radius 1 is 0.881 bits per heavy atom. The van der Waals surface area contributed by atoms with Crippen molar-refractivity contribution in [3.8, 4) is 11.5 Å². The van der Waals surface area contributed by atoms with Crippen molar-refractivity contribution in [3.63, 3.8) is 0 Å². The van der Waals surface area contributed by atoms with Crippen LogP contribution in [0.4, 0.5) is 4.79 Å². The maximum Gasteiger partial charge on any atom is 0.407 e. The monoisotopic (exact) mass is 596 g/mol. The number of alkyl carbamates (subject to hydrolysis) is 1. The van der Waals surface area contributed by atoms with E-state index in [0.717, 1.165) is 16.9 Å². The first kappa shape index (κ1) is 32.9. The molecule has 8 nitrogen and oxygen atoms in total. The molecule has 9 heteroatoms. The van der Waals surface area contributed by atoms with Gasteiger partial charge in [-0.3, -0.25) is 0 Å². The summed E-state index contributed by atoms with van der Waals surface area (Å²) in [5.41, 5.74) is 1.41. The molecule has 0 aliphatic carbocycles. The van der Waals surface area contributed by atoms with Crippen LogP contribution >= 0.6 is 0 Å². The Morgan fingerprint density at radius 3 is 2.07 bits per heavy atom. The highest BCUT2D eigenvalue weighted by atomic mass is 32.2. The van der Waals surface area contributed by atoms with Crippen LogP contribution in [0.1, 0.15) is 52.2 Å². The lowest BCUT2D eigenvalue weighted by molar-refractivity contribution is 0.0500. The van der Waals surface area contributed by atoms with Crippen LogP contribution in [0.3, 0.4) is 0 Å². The summed E-state index contributed by atoms with van der Waals surface area (Å²) < 4.78 is 45.3. The second-order valence-electron chi connectivity index (χ2n) is 11.7. The molecule has 0 aliphatic rings. The lowest BCUT2D eigenvalue weighted by Gasteiger charge is -2.28. The van der Waals surface area contributed by atoms with E-state index in [1.165, 1.54) is 11.4 Å². The topological polar surface area (TPSA) is 94.2 Å². The number of sulfonamides is 1. The molecule has 0 unspecified atom stereocenters. The normalized spacial score (nSPS) is 12.7. The number of methoxy groups -OCH3 is 1. The van der Waals surface area contributed by atoms with Crippen LogP contribution in [-0.4, -0.2) is 50.7 Å². The largest absolute Gasteiger partial charge is 0.497 e. The number of hydrogen-bond acceptors (Lipinski definition) is 6. The minimum atomic E-state index is -3.76. The molecule has 3 rings (SSSR count). The minimum Gasteiger partial charge on any atom is -0.497 e. The maximum absolute atomic E-state index is 13.6. The molecule has 0 fully saturated rings. The van der Waals surface area contributed by atoms with Gasteiger partial charge in [0.1, 0.15) is 23.7 Å². The number of carbonyl (C=O) groups is 1. The summed E-state index contributed by atoms with van der Waals surface area (Å²) in [5, 5.41) is 2.97. The quantitative estimate of drug-likeness (QED) is 0.230. The van der Waals surface area contributed by atoms with Gasteiger partial charge >= 0.3 is 6.09 Å². The van der Waals surface area contributed by atoms with Crippen LogP contribution in [0.25, 0.3) is 0 Å². The highest BCUT2D eigenvalue weighted by molar-refractivity contribution is 7.89. The van der Waals surface area contributed by atoms with E-state index >= 15 is 0 Å². The Hall–Kier alpha value is -3.56. The van der Waals surface area contributed by atoms with Gasteiger partial charge in [0.05, 0.1) is 12.0 Å². The molecule has 1 atom stereocenters. The highest BCUT2D eigenvalue weighted by Crippen LogP contribution is 2.22. The van der Waals surface area contributed by atoms with Crippen molar-refractivity contribution in [2.24, 2.45) is 5.92 Å². The Bertz CT molecular complexity index is 1350. The predicted molar refractivity (Wildman–Crippen MR) is 165 cm³/mol. The first-order valence-corrected chi connectivity index (χ1v) is 15.7. The van der Waals surface area contributed by atoms with E-state index in [0.29, 0.717) is 31.7 Å². The maximum atomic E-state index is 13.6. The molecular formula is C33H44N2O6S. The molecule has 0 radical (unpaired) electrons. The molecule has 0 heterocycles. The molecule has 1 amide bonds. The third kappa shape index (κ3) is 10.7. The predicted octanol–water partition coefficient (Wildman–Crippen LogP) is 6.45. The van der Waals surface area contributed by atoms with Gasteiger partial charge < -0.3 is 19.5 Å². The third-order valence-electron chi connectivity index (χ3n) is 6.37. The van der Waals surface area contributed by atoms with Crippen molar-refractivity contribution in [2.45, 2.75) is 70.6 Å². The van der Waals surface area contributed by atoms with Crippen LogP contribution < -0.4 is 14.8 Å². The van der Waals surface area contributed by atoms with Gasteiger partial charge in [-0.1, -0.05) is 56.3 Å². The van der Waals surface area contributed by atoms with E-state index in [-0.39, 0.29) is 23.4 Å². The number of hydrogen-bond donors (Lipinski definition) is 1. The zero-order valence-corrected chi connectivity index (χ0v) is 26.3. The fraction of sp³-hybridized carbons (Fsp3) is 0.424. The number of nitrogens with zero attached hydrogens (tertiary/aromatic N) is 1. The summed E-state index contributed by atoms with van der Waals surface area (Å²) in [6.45, 7) is 10.4. The molecule has 0 bridgehead atoms. The lowest BCUT2D eigenvalue weighted by atomic mass is 10.0. The average Bonchev–Trinajstić information content (AvgIpc) is 2.94. The van der Waals surface area contributed by atoms with E-state index < -0.39 is 21.7 Å². The summed E-state index contributed by atoms with van der Waals surface area (Å²) in [4.78, 5) is 12.9. The van der Waals surface area contributed by atoms with Crippen LogP contribution in [-0.2, 0) is 27.8 Å². The summed E-state index contributed by atoms with van der Waals surface area (Å²) >= 11 is 0. The number of rotatable bonds is 14. The summed E-state index contributed by atoms with van der Waals surface area (Å²) in [6.07, 6.45) is 0.355. The number of amides is 1. The molecule has 228 valence electrons. The van der Waals surface area contributed by atoms with Crippen molar-refractivity contribution in [2.75, 3.05) is 20.2 Å². The number of benzene rings is 3. The Balaban J connectivity index is 1.74. The number of nitrogens with one attached hydrogen (secondary N) is 1. The van der Waals surface area contributed by atoms with Gasteiger partial charge in [-0.05, 0) is 87.1 Å². The van der Waals surface area contributed by atoms with Crippen LogP contribution in [0, 0.1) is 5.92 Å². The fourth-order valence-corrected chi connectivity index (χ4v) is 5.98. The first-order chi connectivity index (χ1) is 19.9. The van der Waals surface area contributed by atoms with Crippen molar-refractivity contribution in [1.82, 2.24) is 9.62 Å². The van der Waals surface area contributed by atoms with Crippen molar-refractivity contribution in [1.29, 1.82) is 0 Å². The first-order valence-electron chi connectivity index (χ1n) is 14.2. The molecule has 0 saturated carbocycles. The second-order valence-corrected chi connectivity index (χ2v) is 13.6. The summed E-state index contributed by atoms with van der Waals surface area (Å²) in [7, 11) is -2.23. The van der Waals surface area contributed by atoms with E-state index in [9.17, 15) is 13.2 Å². The molecule has 0 aliphatic heterocycles. The van der Waals surface area contributed by atoms with Gasteiger partial charge in [0, 0.05) is 19.1 Å². The van der Waals surface area contributed by atoms with E-state index in [2.05, 4.69) is 5.32 Å². The van der Waals surface area contributed by atoms with E-state index in [1.54, 1.807) is 24.3 Å². The van der Waals surface area contributed by atoms with Crippen molar-refractivity contribution in [3.05, 3.63) is 90.0 Å². The van der Waals surface area contributed by atoms with Crippen LogP contribution in [0.2, 0.25) is 0 Å². The molecule has 42 heavy (non-hydrogen) atoms. The fourth-order valence-electron chi connectivity index (χ4n) is 4.36. The standard InChI is InChI=1S/C33H44N2O6S/c1-25(2)23-35(42(37,38)31-18-16-29(39-6)17-19-31)21-20-28(34-32(36)41-33(3,4)5)22-26-12-14-30(15-13-26)40-24-27-10-8-7-9-11-27/h7-19,25,28H,20-24H2,1-6H3,(H,34,36)/t28-/m1/s1. The van der Waals surface area contributed by atoms with Crippen molar-refractivity contribution < 1.29 is 27.4 Å². The third-order valence-corrected chi connectivity index (χ3v) is 8.25. The van der Waals surface area contributed by atoms with Gasteiger partial charge in [-0.2, -0.15) is 4.31 Å². The van der Waals surface area contributed by atoms with Gasteiger partial charge in [-0.15, -0.1) is 0 Å². The molecule has 3 aromatic rings.